The Morgan fingerprint density at radius 2 is 1.53 bits per heavy atom. The molecule has 0 atom stereocenters. The van der Waals surface area contributed by atoms with E-state index in [0.717, 1.165) is 30.8 Å². The molecular weight excluding hydrogens is 378 g/mol. The van der Waals surface area contributed by atoms with E-state index in [1.54, 1.807) is 0 Å². The molecule has 0 bridgehead atoms. The van der Waals surface area contributed by atoms with Crippen LogP contribution in [0.1, 0.15) is 42.4 Å². The van der Waals surface area contributed by atoms with Crippen molar-refractivity contribution in [2.75, 3.05) is 19.6 Å². The minimum absolute atomic E-state index is 0.110. The highest BCUT2D eigenvalue weighted by atomic mass is 16.5. The van der Waals surface area contributed by atoms with Gasteiger partial charge < -0.3 is 15.4 Å². The molecule has 1 aliphatic rings. The summed E-state index contributed by atoms with van der Waals surface area (Å²) in [7, 11) is 0. The summed E-state index contributed by atoms with van der Waals surface area (Å²) in [6, 6.07) is 17.7. The summed E-state index contributed by atoms with van der Waals surface area (Å²) < 4.78 is 5.10. The maximum absolute atomic E-state index is 12.0. The van der Waals surface area contributed by atoms with Gasteiger partial charge in [0.15, 0.2) is 0 Å². The molecule has 2 amide bonds. The average Bonchev–Trinajstić information content (AvgIpc) is 3.04. The minimum atomic E-state index is -0.603. The predicted octanol–water partition coefficient (Wildman–Crippen LogP) is 3.61. The zero-order valence-corrected chi connectivity index (χ0v) is 17.4. The molecule has 0 spiro atoms. The number of rotatable bonds is 8. The van der Waals surface area contributed by atoms with Gasteiger partial charge in [-0.2, -0.15) is 0 Å². The van der Waals surface area contributed by atoms with Gasteiger partial charge in [-0.25, -0.2) is 4.79 Å². The van der Waals surface area contributed by atoms with Gasteiger partial charge in [-0.1, -0.05) is 67.4 Å². The van der Waals surface area contributed by atoms with Crippen molar-refractivity contribution in [3.05, 3.63) is 71.3 Å². The second-order valence-electron chi connectivity index (χ2n) is 7.70. The van der Waals surface area contributed by atoms with Crippen LogP contribution < -0.4 is 10.6 Å². The largest absolute Gasteiger partial charge is 0.445 e. The van der Waals surface area contributed by atoms with Crippen LogP contribution in [0.2, 0.25) is 0 Å². The zero-order chi connectivity index (χ0) is 21.0. The first-order chi connectivity index (χ1) is 14.7. The lowest BCUT2D eigenvalue weighted by Gasteiger charge is -2.20. The summed E-state index contributed by atoms with van der Waals surface area (Å²) in [5.74, 6) is -0.246. The van der Waals surface area contributed by atoms with Gasteiger partial charge >= 0.3 is 6.09 Å². The second-order valence-corrected chi connectivity index (χ2v) is 7.70. The van der Waals surface area contributed by atoms with E-state index in [0.29, 0.717) is 6.54 Å². The normalized spacial score (nSPS) is 14.5. The smallest absolute Gasteiger partial charge is 0.407 e. The van der Waals surface area contributed by atoms with Crippen LogP contribution in [0.3, 0.4) is 0 Å². The summed E-state index contributed by atoms with van der Waals surface area (Å²) in [6.45, 7) is 3.78. The van der Waals surface area contributed by atoms with Crippen molar-refractivity contribution in [3.8, 4) is 0 Å². The molecule has 1 heterocycles. The van der Waals surface area contributed by atoms with E-state index in [1.807, 2.05) is 42.5 Å². The Kier molecular flexibility index (Phi) is 8.72. The van der Waals surface area contributed by atoms with Crippen molar-refractivity contribution in [2.45, 2.75) is 45.4 Å². The van der Waals surface area contributed by atoms with Gasteiger partial charge in [0.25, 0.3) is 0 Å². The number of nitrogens with one attached hydrogen (secondary N) is 2. The molecule has 2 aromatic carbocycles. The van der Waals surface area contributed by atoms with Crippen molar-refractivity contribution in [1.29, 1.82) is 0 Å². The van der Waals surface area contributed by atoms with E-state index in [1.165, 1.54) is 31.2 Å². The van der Waals surface area contributed by atoms with Crippen LogP contribution in [0, 0.1) is 0 Å². The van der Waals surface area contributed by atoms with Crippen LogP contribution in [-0.4, -0.2) is 36.5 Å². The number of likely N-dealkylation sites (tertiary alicyclic amines) is 1. The molecule has 2 aromatic rings. The molecule has 1 aliphatic heterocycles. The number of ether oxygens (including phenoxy) is 1. The Balaban J connectivity index is 1.36. The third-order valence-electron chi connectivity index (χ3n) is 5.19. The van der Waals surface area contributed by atoms with E-state index in [9.17, 15) is 9.59 Å². The number of nitrogens with zero attached hydrogens (tertiary/aromatic N) is 1. The number of alkyl carbamates (subject to hydrolysis) is 1. The fourth-order valence-corrected chi connectivity index (χ4v) is 3.58. The topological polar surface area (TPSA) is 70.7 Å². The quantitative estimate of drug-likeness (QED) is 0.699. The zero-order valence-electron chi connectivity index (χ0n) is 17.4. The van der Waals surface area contributed by atoms with Crippen LogP contribution in [0.25, 0.3) is 0 Å². The molecule has 30 heavy (non-hydrogen) atoms. The summed E-state index contributed by atoms with van der Waals surface area (Å²) >= 11 is 0. The Morgan fingerprint density at radius 1 is 0.833 bits per heavy atom. The number of carbonyl (C=O) groups excluding carboxylic acids is 2. The lowest BCUT2D eigenvalue weighted by Crippen LogP contribution is -2.36. The predicted molar refractivity (Wildman–Crippen MR) is 117 cm³/mol. The molecular formula is C24H31N3O3. The first kappa shape index (κ1) is 21.8. The fourth-order valence-electron chi connectivity index (χ4n) is 3.58. The number of hydrogen-bond donors (Lipinski definition) is 2. The molecule has 0 radical (unpaired) electrons. The van der Waals surface area contributed by atoms with E-state index in [2.05, 4.69) is 27.7 Å². The molecule has 1 fully saturated rings. The molecule has 3 rings (SSSR count). The van der Waals surface area contributed by atoms with Gasteiger partial charge in [0.05, 0.1) is 0 Å². The number of benzene rings is 2. The van der Waals surface area contributed by atoms with E-state index in [-0.39, 0.29) is 19.1 Å². The Labute approximate surface area is 178 Å². The van der Waals surface area contributed by atoms with Crippen LogP contribution in [0.15, 0.2) is 54.6 Å². The third-order valence-corrected chi connectivity index (χ3v) is 5.19. The lowest BCUT2D eigenvalue weighted by molar-refractivity contribution is -0.120. The van der Waals surface area contributed by atoms with Gasteiger partial charge in [-0.3, -0.25) is 9.69 Å². The summed E-state index contributed by atoms with van der Waals surface area (Å²) in [6.07, 6.45) is 4.60. The van der Waals surface area contributed by atoms with Gasteiger partial charge in [0.1, 0.15) is 13.2 Å². The van der Waals surface area contributed by atoms with Crippen LogP contribution in [0.5, 0.6) is 0 Å². The highest BCUT2D eigenvalue weighted by molar-refractivity contribution is 5.82. The fraction of sp³-hybridized carbons (Fsp3) is 0.417. The number of carbonyl (C=O) groups is 2. The van der Waals surface area contributed by atoms with Crippen LogP contribution in [0.4, 0.5) is 4.79 Å². The molecule has 0 saturated carbocycles. The Hall–Kier alpha value is -2.86. The Bertz CT molecular complexity index is 802. The maximum Gasteiger partial charge on any atom is 0.407 e. The first-order valence-electron chi connectivity index (χ1n) is 10.7. The Morgan fingerprint density at radius 3 is 2.30 bits per heavy atom. The highest BCUT2D eigenvalue weighted by Gasteiger charge is 2.10. The average molecular weight is 410 g/mol. The molecule has 0 unspecified atom stereocenters. The van der Waals surface area contributed by atoms with E-state index in [4.69, 9.17) is 4.74 Å². The lowest BCUT2D eigenvalue weighted by atomic mass is 10.1. The SMILES string of the molecule is O=C(CNC(=O)OCc1ccccc1)NCc1cccc(CN2CCCCCC2)c1. The van der Waals surface area contributed by atoms with E-state index < -0.39 is 6.09 Å². The molecule has 6 nitrogen and oxygen atoms in total. The van der Waals surface area contributed by atoms with Crippen molar-refractivity contribution in [3.63, 3.8) is 0 Å². The third kappa shape index (κ3) is 7.87. The molecule has 1 saturated heterocycles. The van der Waals surface area contributed by atoms with Crippen molar-refractivity contribution < 1.29 is 14.3 Å². The van der Waals surface area contributed by atoms with Crippen LogP contribution in [-0.2, 0) is 29.2 Å². The monoisotopic (exact) mass is 409 g/mol. The second kappa shape index (κ2) is 12.0. The summed E-state index contributed by atoms with van der Waals surface area (Å²) in [5, 5.41) is 5.33. The molecule has 160 valence electrons. The molecule has 2 N–H and O–H groups in total. The molecule has 6 heteroatoms. The van der Waals surface area contributed by atoms with Crippen molar-refractivity contribution >= 4 is 12.0 Å². The minimum Gasteiger partial charge on any atom is -0.445 e. The summed E-state index contributed by atoms with van der Waals surface area (Å²) in [5.41, 5.74) is 3.23. The van der Waals surface area contributed by atoms with Crippen LogP contribution >= 0.6 is 0 Å². The maximum atomic E-state index is 12.0. The van der Waals surface area contributed by atoms with Gasteiger partial charge in [0.2, 0.25) is 5.91 Å². The summed E-state index contributed by atoms with van der Waals surface area (Å²) in [4.78, 5) is 26.3. The number of hydrogen-bond acceptors (Lipinski definition) is 4. The van der Waals surface area contributed by atoms with Crippen molar-refractivity contribution in [2.24, 2.45) is 0 Å². The molecule has 0 aromatic heterocycles. The van der Waals surface area contributed by atoms with Crippen molar-refractivity contribution in [1.82, 2.24) is 15.5 Å². The first-order valence-corrected chi connectivity index (χ1v) is 10.7. The number of amides is 2. The van der Waals surface area contributed by atoms with E-state index >= 15 is 0 Å². The van der Waals surface area contributed by atoms with Gasteiger partial charge in [0, 0.05) is 13.1 Å². The van der Waals surface area contributed by atoms with Gasteiger partial charge in [-0.05, 0) is 42.6 Å². The van der Waals surface area contributed by atoms with Gasteiger partial charge in [-0.15, -0.1) is 0 Å². The standard InChI is InChI=1S/C24H31N3O3/c28-23(17-26-24(29)30-19-20-9-4-3-5-10-20)25-16-21-11-8-12-22(15-21)18-27-13-6-1-2-7-14-27/h3-5,8-12,15H,1-2,6-7,13-14,16-19H2,(H,25,28)(H,26,29). The highest BCUT2D eigenvalue weighted by Crippen LogP contribution is 2.14. The molecule has 0 aliphatic carbocycles.